The monoisotopic (exact) mass is 216 g/mol. The molecular weight excluding hydrogens is 188 g/mol. The highest BCUT2D eigenvalue weighted by Gasteiger charge is 2.33. The highest BCUT2D eigenvalue weighted by atomic mass is 16.6. The molecule has 0 aromatic rings. The molecule has 2 nitrogen and oxygen atoms in total. The summed E-state index contributed by atoms with van der Waals surface area (Å²) in [6.07, 6.45) is 6.89. The summed E-state index contributed by atoms with van der Waals surface area (Å²) >= 11 is 0. The summed E-state index contributed by atoms with van der Waals surface area (Å²) in [7, 11) is 1.79. The molecule has 0 aromatic heterocycles. The Morgan fingerprint density at radius 3 is 2.20 bits per heavy atom. The average molecular weight is 216 g/mol. The molecule has 0 radical (unpaired) electrons. The maximum absolute atomic E-state index is 5.83. The maximum atomic E-state index is 5.83. The molecule has 0 N–H and O–H groups in total. The number of methoxy groups -OCH3 is 1. The summed E-state index contributed by atoms with van der Waals surface area (Å²) in [5.41, 5.74) is 0. The van der Waals surface area contributed by atoms with Crippen molar-refractivity contribution in [1.82, 2.24) is 0 Å². The van der Waals surface area contributed by atoms with Gasteiger partial charge in [-0.25, -0.2) is 0 Å². The number of rotatable bonds is 4. The third kappa shape index (κ3) is 5.53. The van der Waals surface area contributed by atoms with Crippen molar-refractivity contribution in [3.63, 3.8) is 0 Å². The molecule has 0 amide bonds. The normalized spacial score (nSPS) is 29.8. The molecule has 3 atom stereocenters. The second-order valence-electron chi connectivity index (χ2n) is 4.21. The van der Waals surface area contributed by atoms with Gasteiger partial charge in [-0.3, -0.25) is 0 Å². The van der Waals surface area contributed by atoms with E-state index in [-0.39, 0.29) is 0 Å². The van der Waals surface area contributed by atoms with Crippen LogP contribution in [0.2, 0.25) is 0 Å². The van der Waals surface area contributed by atoms with Crippen molar-refractivity contribution in [3.8, 4) is 0 Å². The lowest BCUT2D eigenvalue weighted by molar-refractivity contribution is -0.0103. The molecule has 0 aromatic carbocycles. The fraction of sp³-hybridized carbons (Fsp3) is 1.00. The summed E-state index contributed by atoms with van der Waals surface area (Å²) in [4.78, 5) is 0. The standard InChI is InChI=1S/C10H20O2.C3H8/c1-4-6-9-10(11-3)7-8(5-2)12-9;1-3-2/h8-10H,4-7H2,1-3H3;3H2,1-2H3/t8-,9+,10+;/m0./s1. The minimum atomic E-state index is 0.342. The van der Waals surface area contributed by atoms with Crippen LogP contribution in [0.4, 0.5) is 0 Å². The lowest BCUT2D eigenvalue weighted by Crippen LogP contribution is -2.22. The van der Waals surface area contributed by atoms with E-state index in [0.717, 1.165) is 19.3 Å². The minimum absolute atomic E-state index is 0.342. The Labute approximate surface area is 95.3 Å². The van der Waals surface area contributed by atoms with E-state index in [0.29, 0.717) is 18.3 Å². The van der Waals surface area contributed by atoms with E-state index in [1.54, 1.807) is 7.11 Å². The zero-order chi connectivity index (χ0) is 11.7. The van der Waals surface area contributed by atoms with E-state index in [1.165, 1.54) is 12.8 Å². The van der Waals surface area contributed by atoms with E-state index in [4.69, 9.17) is 9.47 Å². The summed E-state index contributed by atoms with van der Waals surface area (Å²) in [6, 6.07) is 0. The molecule has 0 unspecified atom stereocenters. The average Bonchev–Trinajstić information content (AvgIpc) is 2.62. The quantitative estimate of drug-likeness (QED) is 0.712. The molecule has 0 aliphatic carbocycles. The smallest absolute Gasteiger partial charge is 0.0857 e. The summed E-state index contributed by atoms with van der Waals surface area (Å²) in [6.45, 7) is 8.61. The van der Waals surface area contributed by atoms with Crippen molar-refractivity contribution in [2.24, 2.45) is 0 Å². The van der Waals surface area contributed by atoms with E-state index < -0.39 is 0 Å². The van der Waals surface area contributed by atoms with Gasteiger partial charge in [-0.1, -0.05) is 40.5 Å². The van der Waals surface area contributed by atoms with Gasteiger partial charge >= 0.3 is 0 Å². The second kappa shape index (κ2) is 9.17. The van der Waals surface area contributed by atoms with Crippen LogP contribution in [0.15, 0.2) is 0 Å². The van der Waals surface area contributed by atoms with Crippen molar-refractivity contribution in [1.29, 1.82) is 0 Å². The number of hydrogen-bond acceptors (Lipinski definition) is 2. The molecule has 0 spiro atoms. The SMILES string of the molecule is CCC.CCC[C@H]1O[C@@H](CC)C[C@H]1OC. The van der Waals surface area contributed by atoms with E-state index in [9.17, 15) is 0 Å². The van der Waals surface area contributed by atoms with Gasteiger partial charge < -0.3 is 9.47 Å². The third-order valence-electron chi connectivity index (χ3n) is 2.61. The fourth-order valence-corrected chi connectivity index (χ4v) is 1.85. The molecule has 1 fully saturated rings. The predicted molar refractivity (Wildman–Crippen MR) is 65.2 cm³/mol. The Bertz CT molecular complexity index is 136. The van der Waals surface area contributed by atoms with Gasteiger partial charge in [-0.15, -0.1) is 0 Å². The van der Waals surface area contributed by atoms with Gasteiger partial charge in [-0.2, -0.15) is 0 Å². The Balaban J connectivity index is 0.000000583. The summed E-state index contributed by atoms with van der Waals surface area (Å²) in [5, 5.41) is 0. The highest BCUT2D eigenvalue weighted by Crippen LogP contribution is 2.27. The zero-order valence-corrected chi connectivity index (χ0v) is 11.1. The van der Waals surface area contributed by atoms with Crippen molar-refractivity contribution >= 4 is 0 Å². The Morgan fingerprint density at radius 2 is 1.80 bits per heavy atom. The molecule has 1 aliphatic rings. The topological polar surface area (TPSA) is 18.5 Å². The minimum Gasteiger partial charge on any atom is -0.379 e. The van der Waals surface area contributed by atoms with Gasteiger partial charge in [0.1, 0.15) is 0 Å². The molecule has 15 heavy (non-hydrogen) atoms. The highest BCUT2D eigenvalue weighted by molar-refractivity contribution is 4.82. The fourth-order valence-electron chi connectivity index (χ4n) is 1.85. The van der Waals surface area contributed by atoms with Crippen LogP contribution in [0.1, 0.15) is 59.8 Å². The molecule has 1 saturated heterocycles. The summed E-state index contributed by atoms with van der Waals surface area (Å²) in [5.74, 6) is 0. The molecule has 2 heteroatoms. The third-order valence-corrected chi connectivity index (χ3v) is 2.61. The molecule has 1 heterocycles. The Hall–Kier alpha value is -0.0800. The van der Waals surface area contributed by atoms with Crippen LogP contribution < -0.4 is 0 Å². The molecule has 1 aliphatic heterocycles. The Kier molecular flexibility index (Phi) is 9.12. The van der Waals surface area contributed by atoms with Crippen molar-refractivity contribution in [2.45, 2.75) is 78.1 Å². The van der Waals surface area contributed by atoms with Gasteiger partial charge in [0.15, 0.2) is 0 Å². The Morgan fingerprint density at radius 1 is 1.20 bits per heavy atom. The largest absolute Gasteiger partial charge is 0.379 e. The van der Waals surface area contributed by atoms with Crippen LogP contribution in [0.3, 0.4) is 0 Å². The van der Waals surface area contributed by atoms with Crippen molar-refractivity contribution in [3.05, 3.63) is 0 Å². The van der Waals surface area contributed by atoms with E-state index >= 15 is 0 Å². The van der Waals surface area contributed by atoms with E-state index in [1.807, 2.05) is 0 Å². The maximum Gasteiger partial charge on any atom is 0.0857 e. The molecule has 92 valence electrons. The number of ether oxygens (including phenoxy) is 2. The lowest BCUT2D eigenvalue weighted by Gasteiger charge is -2.15. The zero-order valence-electron chi connectivity index (χ0n) is 11.1. The van der Waals surface area contributed by atoms with Crippen LogP contribution in [0, 0.1) is 0 Å². The first-order valence-electron chi connectivity index (χ1n) is 6.41. The van der Waals surface area contributed by atoms with Gasteiger partial charge in [0.2, 0.25) is 0 Å². The van der Waals surface area contributed by atoms with Crippen LogP contribution >= 0.6 is 0 Å². The first kappa shape index (κ1) is 14.9. The van der Waals surface area contributed by atoms with Gasteiger partial charge in [0, 0.05) is 13.5 Å². The van der Waals surface area contributed by atoms with Crippen LogP contribution in [0.25, 0.3) is 0 Å². The van der Waals surface area contributed by atoms with E-state index in [2.05, 4.69) is 27.7 Å². The summed E-state index contributed by atoms with van der Waals surface area (Å²) < 4.78 is 11.2. The molecule has 1 rings (SSSR count). The second-order valence-corrected chi connectivity index (χ2v) is 4.21. The van der Waals surface area contributed by atoms with Crippen LogP contribution in [-0.4, -0.2) is 25.4 Å². The molecular formula is C13H28O2. The van der Waals surface area contributed by atoms with Crippen molar-refractivity contribution in [2.75, 3.05) is 7.11 Å². The van der Waals surface area contributed by atoms with Gasteiger partial charge in [0.05, 0.1) is 18.3 Å². The number of hydrogen-bond donors (Lipinski definition) is 0. The van der Waals surface area contributed by atoms with Crippen LogP contribution in [-0.2, 0) is 9.47 Å². The first-order chi connectivity index (χ1) is 7.23. The van der Waals surface area contributed by atoms with Gasteiger partial charge in [-0.05, 0) is 12.8 Å². The molecule has 0 bridgehead atoms. The van der Waals surface area contributed by atoms with Gasteiger partial charge in [0.25, 0.3) is 0 Å². The van der Waals surface area contributed by atoms with Crippen molar-refractivity contribution < 1.29 is 9.47 Å². The molecule has 0 saturated carbocycles. The van der Waals surface area contributed by atoms with Crippen LogP contribution in [0.5, 0.6) is 0 Å². The lowest BCUT2D eigenvalue weighted by atomic mass is 10.1. The predicted octanol–water partition coefficient (Wildman–Crippen LogP) is 3.79. The first-order valence-corrected chi connectivity index (χ1v) is 6.41.